The number of nitrogens with zero attached hydrogens (tertiary/aromatic N) is 1. The number of benzene rings is 1. The molecule has 1 aromatic rings. The maximum absolute atomic E-state index is 14.4. The second-order valence-corrected chi connectivity index (χ2v) is 14.0. The van der Waals surface area contributed by atoms with Gasteiger partial charge in [-0.1, -0.05) is 64.8 Å². The van der Waals surface area contributed by atoms with Crippen LogP contribution in [-0.2, 0) is 36.8 Å². The standard InChI is InChI=1S/C33H46N4O6/c1-17(2)18(3)43-32(42)36-26(22-14-20-9-7-8-10-21(20)15-22)31(41)37-16-23-25(33(23,4)5)27(37)29(39)35-24(13-19-11-12-19)28(38)30(40)34-6/h7-10,17-19,22-27H,11-16H2,1-6H3,(H,34,40)(H,35,39)(H,36,42)/t18-,23+,24?,25+,26+,27+/m1/s1. The number of fused-ring (bicyclic) bond motifs is 2. The maximum atomic E-state index is 14.4. The van der Waals surface area contributed by atoms with Crippen molar-refractivity contribution in [1.82, 2.24) is 20.9 Å². The summed E-state index contributed by atoms with van der Waals surface area (Å²) in [7, 11) is 1.40. The summed E-state index contributed by atoms with van der Waals surface area (Å²) >= 11 is 0. The molecule has 0 bridgehead atoms. The molecule has 1 aromatic carbocycles. The Morgan fingerprint density at radius 3 is 2.19 bits per heavy atom. The van der Waals surface area contributed by atoms with Crippen LogP contribution in [0, 0.1) is 35.0 Å². The van der Waals surface area contributed by atoms with Gasteiger partial charge in [-0.3, -0.25) is 19.2 Å². The van der Waals surface area contributed by atoms with Crippen molar-refractivity contribution in [2.45, 2.75) is 91.0 Å². The van der Waals surface area contributed by atoms with Gasteiger partial charge >= 0.3 is 6.09 Å². The van der Waals surface area contributed by atoms with Gasteiger partial charge in [0.1, 0.15) is 18.2 Å². The zero-order chi connectivity index (χ0) is 31.2. The fourth-order valence-corrected chi connectivity index (χ4v) is 7.12. The highest BCUT2D eigenvalue weighted by molar-refractivity contribution is 6.38. The summed E-state index contributed by atoms with van der Waals surface area (Å²) in [6.07, 6.45) is 2.59. The molecule has 4 aliphatic rings. The molecule has 3 N–H and O–H groups in total. The van der Waals surface area contributed by atoms with Crippen LogP contribution in [0.2, 0.25) is 0 Å². The minimum Gasteiger partial charge on any atom is -0.446 e. The summed E-state index contributed by atoms with van der Waals surface area (Å²) in [6.45, 7) is 10.3. The quantitative estimate of drug-likeness (QED) is 0.338. The van der Waals surface area contributed by atoms with Crippen molar-refractivity contribution in [3.05, 3.63) is 35.4 Å². The highest BCUT2D eigenvalue weighted by Gasteiger charge is 2.70. The number of carbonyl (C=O) groups excluding carboxylic acids is 5. The van der Waals surface area contributed by atoms with E-state index in [1.807, 2.05) is 45.0 Å². The third kappa shape index (κ3) is 6.29. The number of carbonyl (C=O) groups is 5. The van der Waals surface area contributed by atoms with Gasteiger partial charge in [-0.05, 0) is 72.3 Å². The molecule has 4 amide bonds. The number of likely N-dealkylation sites (tertiary alicyclic amines) is 1. The van der Waals surface area contributed by atoms with Crippen LogP contribution in [0.25, 0.3) is 0 Å². The summed E-state index contributed by atoms with van der Waals surface area (Å²) in [4.78, 5) is 68.2. The minimum absolute atomic E-state index is 0.0810. The number of ketones is 1. The molecule has 0 radical (unpaired) electrons. The van der Waals surface area contributed by atoms with Crippen molar-refractivity contribution in [3.63, 3.8) is 0 Å². The molecule has 43 heavy (non-hydrogen) atoms. The van der Waals surface area contributed by atoms with E-state index in [4.69, 9.17) is 4.74 Å². The first-order valence-corrected chi connectivity index (χ1v) is 15.7. The number of hydrogen-bond donors (Lipinski definition) is 3. The second kappa shape index (κ2) is 11.9. The number of amides is 4. The number of likely N-dealkylation sites (N-methyl/N-ethyl adjacent to an activating group) is 1. The third-order valence-electron chi connectivity index (χ3n) is 10.4. The molecule has 1 heterocycles. The van der Waals surface area contributed by atoms with Crippen molar-refractivity contribution in [2.75, 3.05) is 13.6 Å². The molecule has 10 heteroatoms. The van der Waals surface area contributed by atoms with E-state index < -0.39 is 41.8 Å². The van der Waals surface area contributed by atoms with Crippen LogP contribution in [0.5, 0.6) is 0 Å². The molecule has 5 rings (SSSR count). The predicted octanol–water partition coefficient (Wildman–Crippen LogP) is 2.62. The average Bonchev–Trinajstić information content (AvgIpc) is 3.72. The van der Waals surface area contributed by atoms with Gasteiger partial charge in [-0.25, -0.2) is 4.79 Å². The largest absolute Gasteiger partial charge is 0.446 e. The number of piperidine rings is 1. The molecular formula is C33H46N4O6. The van der Waals surface area contributed by atoms with Gasteiger partial charge in [0.15, 0.2) is 0 Å². The van der Waals surface area contributed by atoms with E-state index in [1.54, 1.807) is 4.90 Å². The smallest absolute Gasteiger partial charge is 0.408 e. The lowest BCUT2D eigenvalue weighted by atomic mass is 9.93. The molecule has 0 spiro atoms. The van der Waals surface area contributed by atoms with Gasteiger partial charge in [0.25, 0.3) is 5.91 Å². The van der Waals surface area contributed by atoms with Gasteiger partial charge in [0, 0.05) is 13.6 Å². The third-order valence-corrected chi connectivity index (χ3v) is 10.4. The fraction of sp³-hybridized carbons (Fsp3) is 0.667. The van der Waals surface area contributed by atoms with Crippen LogP contribution in [0.3, 0.4) is 0 Å². The van der Waals surface area contributed by atoms with Crippen LogP contribution in [0.4, 0.5) is 4.79 Å². The number of rotatable bonds is 11. The monoisotopic (exact) mass is 594 g/mol. The Morgan fingerprint density at radius 1 is 1.00 bits per heavy atom. The fourth-order valence-electron chi connectivity index (χ4n) is 7.12. The van der Waals surface area contributed by atoms with Crippen LogP contribution >= 0.6 is 0 Å². The van der Waals surface area contributed by atoms with Crippen LogP contribution < -0.4 is 16.0 Å². The van der Waals surface area contributed by atoms with Gasteiger partial charge in [0.2, 0.25) is 17.6 Å². The second-order valence-electron chi connectivity index (χ2n) is 14.0. The van der Waals surface area contributed by atoms with E-state index in [0.29, 0.717) is 31.7 Å². The van der Waals surface area contributed by atoms with Crippen molar-refractivity contribution in [1.29, 1.82) is 0 Å². The first-order valence-electron chi connectivity index (χ1n) is 15.7. The molecular weight excluding hydrogens is 548 g/mol. The van der Waals surface area contributed by atoms with Gasteiger partial charge in [0.05, 0.1) is 6.04 Å². The summed E-state index contributed by atoms with van der Waals surface area (Å²) in [5.41, 5.74) is 2.14. The Kier molecular flexibility index (Phi) is 8.60. The lowest BCUT2D eigenvalue weighted by molar-refractivity contribution is -0.144. The van der Waals surface area contributed by atoms with Crippen LogP contribution in [0.15, 0.2) is 24.3 Å². The minimum atomic E-state index is -0.941. The Balaban J connectivity index is 1.39. The Labute approximate surface area is 254 Å². The molecule has 3 aliphatic carbocycles. The number of alkyl carbamates (subject to hydrolysis) is 1. The summed E-state index contributed by atoms with van der Waals surface area (Å²) in [5, 5.41) is 8.14. The number of ether oxygens (including phenoxy) is 1. The van der Waals surface area contributed by atoms with E-state index >= 15 is 0 Å². The highest BCUT2D eigenvalue weighted by atomic mass is 16.6. The van der Waals surface area contributed by atoms with Gasteiger partial charge in [-0.2, -0.15) is 0 Å². The Hall–Kier alpha value is -3.43. The topological polar surface area (TPSA) is 134 Å². The normalized spacial score (nSPS) is 25.7. The van der Waals surface area contributed by atoms with Gasteiger partial charge < -0.3 is 25.6 Å². The lowest BCUT2D eigenvalue weighted by Crippen LogP contribution is -2.59. The SMILES string of the molecule is CNC(=O)C(=O)C(CC1CC1)NC(=O)[C@@H]1[C@@H]2[C@H](CN1C(=O)[C@@H](NC(=O)O[C@H](C)C(C)C)C1Cc3ccccc3C1)C2(C)C. The number of nitrogens with one attached hydrogen (secondary N) is 3. The molecule has 1 aliphatic heterocycles. The van der Waals surface area contributed by atoms with Crippen molar-refractivity contribution in [3.8, 4) is 0 Å². The highest BCUT2D eigenvalue weighted by Crippen LogP contribution is 2.65. The Morgan fingerprint density at radius 2 is 1.63 bits per heavy atom. The molecule has 1 unspecified atom stereocenters. The molecule has 0 aromatic heterocycles. The molecule has 10 nitrogen and oxygen atoms in total. The maximum Gasteiger partial charge on any atom is 0.408 e. The van der Waals surface area contributed by atoms with Crippen molar-refractivity contribution < 1.29 is 28.7 Å². The zero-order valence-electron chi connectivity index (χ0n) is 26.1. The summed E-state index contributed by atoms with van der Waals surface area (Å²) in [6, 6.07) is 5.41. The van der Waals surface area contributed by atoms with Gasteiger partial charge in [-0.15, -0.1) is 0 Å². The molecule has 6 atom stereocenters. The number of hydrogen-bond acceptors (Lipinski definition) is 6. The van der Waals surface area contributed by atoms with Crippen LogP contribution in [-0.4, -0.2) is 72.3 Å². The zero-order valence-corrected chi connectivity index (χ0v) is 26.1. The average molecular weight is 595 g/mol. The van der Waals surface area contributed by atoms with E-state index in [-0.39, 0.29) is 41.1 Å². The lowest BCUT2D eigenvalue weighted by Gasteiger charge is -2.35. The molecule has 234 valence electrons. The number of Topliss-reactive ketones (excluding diaryl/α,β-unsaturated/α-hetero) is 1. The molecule has 3 fully saturated rings. The molecule has 1 saturated heterocycles. The van der Waals surface area contributed by atoms with Crippen molar-refractivity contribution in [2.24, 2.45) is 35.0 Å². The van der Waals surface area contributed by atoms with E-state index in [2.05, 4.69) is 29.8 Å². The van der Waals surface area contributed by atoms with E-state index in [1.165, 1.54) is 7.05 Å². The Bertz CT molecular complexity index is 1260. The van der Waals surface area contributed by atoms with E-state index in [9.17, 15) is 24.0 Å². The first kappa shape index (κ1) is 31.0. The summed E-state index contributed by atoms with van der Waals surface area (Å²) in [5.74, 6) is -1.90. The van der Waals surface area contributed by atoms with E-state index in [0.717, 1.165) is 24.0 Å². The predicted molar refractivity (Wildman–Crippen MR) is 160 cm³/mol. The summed E-state index contributed by atoms with van der Waals surface area (Å²) < 4.78 is 5.61. The molecule has 2 saturated carbocycles. The first-order chi connectivity index (χ1) is 20.3. The van der Waals surface area contributed by atoms with Crippen LogP contribution in [0.1, 0.15) is 65.0 Å². The van der Waals surface area contributed by atoms with Crippen molar-refractivity contribution >= 4 is 29.6 Å².